The highest BCUT2D eigenvalue weighted by atomic mass is 79.9. The molecule has 0 saturated heterocycles. The summed E-state index contributed by atoms with van der Waals surface area (Å²) in [6, 6.07) is 6.08. The summed E-state index contributed by atoms with van der Waals surface area (Å²) in [5.41, 5.74) is 0.693. The van der Waals surface area contributed by atoms with Gasteiger partial charge in [0.05, 0.1) is 5.69 Å². The third-order valence-corrected chi connectivity index (χ3v) is 4.03. The first-order valence-corrected chi connectivity index (χ1v) is 7.61. The van der Waals surface area contributed by atoms with Crippen LogP contribution in [-0.4, -0.2) is 9.38 Å². The van der Waals surface area contributed by atoms with Crippen molar-refractivity contribution in [3.8, 4) is 17.7 Å². The molecule has 4 nitrogen and oxygen atoms in total. The molecule has 0 amide bonds. The first-order chi connectivity index (χ1) is 9.74. The van der Waals surface area contributed by atoms with E-state index < -0.39 is 5.82 Å². The van der Waals surface area contributed by atoms with Gasteiger partial charge in [-0.15, -0.1) is 11.3 Å². The number of rotatable bonds is 3. The van der Waals surface area contributed by atoms with Crippen LogP contribution in [0, 0.1) is 17.1 Å². The predicted octanol–water partition coefficient (Wildman–Crippen LogP) is 4.09. The quantitative estimate of drug-likeness (QED) is 0.667. The maximum atomic E-state index is 13.5. The Hall–Kier alpha value is -1.91. The zero-order chi connectivity index (χ0) is 14.1. The van der Waals surface area contributed by atoms with Crippen LogP contribution in [-0.2, 0) is 5.33 Å². The fourth-order valence-electron chi connectivity index (χ4n) is 1.82. The van der Waals surface area contributed by atoms with E-state index in [2.05, 4.69) is 20.9 Å². The average Bonchev–Trinajstić information content (AvgIpc) is 2.99. The highest BCUT2D eigenvalue weighted by Gasteiger charge is 2.17. The molecule has 20 heavy (non-hydrogen) atoms. The van der Waals surface area contributed by atoms with Crippen LogP contribution in [0.15, 0.2) is 29.8 Å². The first-order valence-electron chi connectivity index (χ1n) is 5.61. The van der Waals surface area contributed by atoms with Crippen molar-refractivity contribution in [1.82, 2.24) is 9.38 Å². The minimum Gasteiger partial charge on any atom is -0.436 e. The predicted molar refractivity (Wildman–Crippen MR) is 76.9 cm³/mol. The maximum absolute atomic E-state index is 13.5. The van der Waals surface area contributed by atoms with Crippen LogP contribution in [0.3, 0.4) is 0 Å². The Labute approximate surface area is 126 Å². The summed E-state index contributed by atoms with van der Waals surface area (Å²) in [5, 5.41) is 11.5. The Morgan fingerprint density at radius 2 is 2.35 bits per heavy atom. The van der Waals surface area contributed by atoms with Crippen molar-refractivity contribution in [2.75, 3.05) is 0 Å². The number of ether oxygens (including phenoxy) is 1. The lowest BCUT2D eigenvalue weighted by molar-refractivity contribution is 0.455. The molecule has 3 aromatic rings. The number of imidazole rings is 1. The van der Waals surface area contributed by atoms with E-state index in [0.717, 1.165) is 10.7 Å². The van der Waals surface area contributed by atoms with Gasteiger partial charge in [0, 0.05) is 16.9 Å². The molecule has 0 bridgehead atoms. The van der Waals surface area contributed by atoms with E-state index in [0.29, 0.717) is 11.2 Å². The number of fused-ring (bicyclic) bond motifs is 1. The van der Waals surface area contributed by atoms with Crippen LogP contribution in [0.5, 0.6) is 11.6 Å². The van der Waals surface area contributed by atoms with Crippen molar-refractivity contribution in [3.05, 3.63) is 46.9 Å². The molecule has 0 radical (unpaired) electrons. The molecular formula is C13H7BrFN3OS. The van der Waals surface area contributed by atoms with Crippen molar-refractivity contribution >= 4 is 32.2 Å². The van der Waals surface area contributed by atoms with Crippen molar-refractivity contribution in [1.29, 1.82) is 5.26 Å². The lowest BCUT2D eigenvalue weighted by Crippen LogP contribution is -1.94. The molecule has 1 aromatic carbocycles. The third-order valence-electron chi connectivity index (χ3n) is 2.74. The van der Waals surface area contributed by atoms with Gasteiger partial charge in [0.1, 0.15) is 23.2 Å². The van der Waals surface area contributed by atoms with Gasteiger partial charge in [-0.05, 0) is 12.1 Å². The number of aromatic nitrogens is 2. The zero-order valence-electron chi connectivity index (χ0n) is 10.0. The normalized spacial score (nSPS) is 10.7. The number of halogens is 2. The number of thiazole rings is 1. The van der Waals surface area contributed by atoms with E-state index in [1.807, 2.05) is 16.0 Å². The molecule has 2 aromatic heterocycles. The Balaban J connectivity index is 2.08. The van der Waals surface area contributed by atoms with Crippen molar-refractivity contribution in [3.63, 3.8) is 0 Å². The average molecular weight is 352 g/mol. The largest absolute Gasteiger partial charge is 0.436 e. The number of benzene rings is 1. The van der Waals surface area contributed by atoms with Crippen LogP contribution in [0.4, 0.5) is 4.39 Å². The summed E-state index contributed by atoms with van der Waals surface area (Å²) in [6.45, 7) is 0. The summed E-state index contributed by atoms with van der Waals surface area (Å²) >= 11 is 4.85. The Morgan fingerprint density at radius 3 is 3.10 bits per heavy atom. The minimum absolute atomic E-state index is 0.121. The topological polar surface area (TPSA) is 50.3 Å². The lowest BCUT2D eigenvalue weighted by Gasteiger charge is -2.06. The van der Waals surface area contributed by atoms with Gasteiger partial charge < -0.3 is 4.74 Å². The summed E-state index contributed by atoms with van der Waals surface area (Å²) in [4.78, 5) is 5.12. The standard InChI is InChI=1S/C13H7BrFN3OS/c14-6-10-12(17-13-18(10)4-5-20-13)19-11-3-1-2-9(15)8(11)7-16/h1-5H,6H2. The van der Waals surface area contributed by atoms with Gasteiger partial charge in [0.2, 0.25) is 5.88 Å². The molecule has 0 spiro atoms. The molecule has 0 aliphatic carbocycles. The van der Waals surface area contributed by atoms with Gasteiger partial charge in [-0.3, -0.25) is 4.40 Å². The van der Waals surface area contributed by atoms with E-state index in [-0.39, 0.29) is 11.3 Å². The summed E-state index contributed by atoms with van der Waals surface area (Å²) in [5.74, 6) is -0.0670. The smallest absolute Gasteiger partial charge is 0.243 e. The second kappa shape index (κ2) is 5.23. The summed E-state index contributed by atoms with van der Waals surface area (Å²) < 4.78 is 21.1. The SMILES string of the molecule is N#Cc1c(F)cccc1Oc1nc2sccn2c1CBr. The lowest BCUT2D eigenvalue weighted by atomic mass is 10.2. The van der Waals surface area contributed by atoms with Gasteiger partial charge in [0.25, 0.3) is 0 Å². The van der Waals surface area contributed by atoms with E-state index in [4.69, 9.17) is 10.00 Å². The second-order valence-corrected chi connectivity index (χ2v) is 5.31. The van der Waals surface area contributed by atoms with E-state index in [9.17, 15) is 4.39 Å². The molecule has 0 atom stereocenters. The Morgan fingerprint density at radius 1 is 1.50 bits per heavy atom. The molecule has 0 fully saturated rings. The van der Waals surface area contributed by atoms with E-state index in [1.165, 1.54) is 23.5 Å². The summed E-state index contributed by atoms with van der Waals surface area (Å²) in [6.07, 6.45) is 1.88. The van der Waals surface area contributed by atoms with Crippen molar-refractivity contribution < 1.29 is 9.13 Å². The number of nitrogens with zero attached hydrogens (tertiary/aromatic N) is 3. The molecule has 7 heteroatoms. The number of hydrogen-bond acceptors (Lipinski definition) is 4. The molecule has 3 rings (SSSR count). The van der Waals surface area contributed by atoms with Gasteiger partial charge in [-0.1, -0.05) is 22.0 Å². The zero-order valence-corrected chi connectivity index (χ0v) is 12.4. The van der Waals surface area contributed by atoms with Gasteiger partial charge >= 0.3 is 0 Å². The third kappa shape index (κ3) is 2.07. The van der Waals surface area contributed by atoms with Crippen molar-refractivity contribution in [2.45, 2.75) is 5.33 Å². The fourth-order valence-corrected chi connectivity index (χ4v) is 3.05. The minimum atomic E-state index is -0.605. The van der Waals surface area contributed by atoms with Crippen molar-refractivity contribution in [2.24, 2.45) is 0 Å². The van der Waals surface area contributed by atoms with Crippen LogP contribution in [0.1, 0.15) is 11.3 Å². The number of alkyl halides is 1. The first kappa shape index (κ1) is 13.1. The van der Waals surface area contributed by atoms with Crippen LogP contribution in [0.2, 0.25) is 0 Å². The Kier molecular flexibility index (Phi) is 3.42. The molecule has 100 valence electrons. The van der Waals surface area contributed by atoms with E-state index >= 15 is 0 Å². The molecule has 0 saturated carbocycles. The van der Waals surface area contributed by atoms with Gasteiger partial charge in [0.15, 0.2) is 4.96 Å². The second-order valence-electron chi connectivity index (χ2n) is 3.88. The molecule has 0 aliphatic rings. The Bertz CT molecular complexity index is 821. The van der Waals surface area contributed by atoms with Crippen LogP contribution >= 0.6 is 27.3 Å². The van der Waals surface area contributed by atoms with Crippen LogP contribution in [0.25, 0.3) is 4.96 Å². The fraction of sp³-hybridized carbons (Fsp3) is 0.0769. The number of hydrogen-bond donors (Lipinski definition) is 0. The molecule has 0 unspecified atom stereocenters. The molecule has 2 heterocycles. The molecule has 0 aliphatic heterocycles. The molecular weight excluding hydrogens is 345 g/mol. The van der Waals surface area contributed by atoms with Gasteiger partial charge in [-0.25, -0.2) is 4.39 Å². The highest BCUT2D eigenvalue weighted by molar-refractivity contribution is 9.08. The molecule has 0 N–H and O–H groups in total. The summed E-state index contributed by atoms with van der Waals surface area (Å²) in [7, 11) is 0. The maximum Gasteiger partial charge on any atom is 0.243 e. The number of nitriles is 1. The monoisotopic (exact) mass is 351 g/mol. The van der Waals surface area contributed by atoms with Crippen LogP contribution < -0.4 is 4.74 Å². The highest BCUT2D eigenvalue weighted by Crippen LogP contribution is 2.31. The van der Waals surface area contributed by atoms with Gasteiger partial charge in [-0.2, -0.15) is 10.2 Å². The van der Waals surface area contributed by atoms with E-state index in [1.54, 1.807) is 12.1 Å².